The van der Waals surface area contributed by atoms with E-state index in [0.29, 0.717) is 0 Å². The summed E-state index contributed by atoms with van der Waals surface area (Å²) in [4.78, 5) is 10.9. The normalized spacial score (nSPS) is 9.71. The van der Waals surface area contributed by atoms with Gasteiger partial charge in [0, 0.05) is 12.1 Å². The van der Waals surface area contributed by atoms with Crippen LogP contribution in [0.4, 0.5) is 8.78 Å². The predicted octanol–water partition coefficient (Wildman–Crippen LogP) is 1.76. The molecule has 0 bridgehead atoms. The van der Waals surface area contributed by atoms with E-state index in [1.165, 1.54) is 7.11 Å². The van der Waals surface area contributed by atoms with E-state index in [1.807, 2.05) is 0 Å². The molecule has 5 heteroatoms. The monoisotopic (exact) mass is 202 g/mol. The Morgan fingerprint density at radius 1 is 1.21 bits per heavy atom. The fourth-order valence-electron chi connectivity index (χ4n) is 0.965. The predicted molar refractivity (Wildman–Crippen MR) is 44.2 cm³/mol. The van der Waals surface area contributed by atoms with Crippen molar-refractivity contribution in [2.75, 3.05) is 14.2 Å². The minimum Gasteiger partial charge on any atom is -0.497 e. The fraction of sp³-hybridized carbons (Fsp3) is 0.222. The molecular formula is C9H8F2O3. The number of carbonyl (C=O) groups excluding carboxylic acids is 1. The summed E-state index contributed by atoms with van der Waals surface area (Å²) < 4.78 is 35.1. The van der Waals surface area contributed by atoms with Crippen molar-refractivity contribution in [2.45, 2.75) is 0 Å². The smallest absolute Gasteiger partial charge is 0.343 e. The molecule has 0 saturated heterocycles. The third kappa shape index (κ3) is 1.81. The molecule has 0 aliphatic heterocycles. The second kappa shape index (κ2) is 4.04. The summed E-state index contributed by atoms with van der Waals surface area (Å²) in [5.41, 5.74) is -0.715. The van der Waals surface area contributed by atoms with Gasteiger partial charge in [-0.3, -0.25) is 0 Å². The number of esters is 1. The molecule has 76 valence electrons. The SMILES string of the molecule is COC(=O)c1c(F)cc(OC)cc1F. The molecular weight excluding hydrogens is 194 g/mol. The summed E-state index contributed by atoms with van der Waals surface area (Å²) in [5.74, 6) is -3.06. The lowest BCUT2D eigenvalue weighted by Crippen LogP contribution is -2.08. The lowest BCUT2D eigenvalue weighted by atomic mass is 10.2. The second-order valence-corrected chi connectivity index (χ2v) is 2.46. The largest absolute Gasteiger partial charge is 0.497 e. The van der Waals surface area contributed by atoms with Crippen LogP contribution in [0.2, 0.25) is 0 Å². The van der Waals surface area contributed by atoms with Gasteiger partial charge in [-0.1, -0.05) is 0 Å². The Kier molecular flexibility index (Phi) is 3.01. The number of hydrogen-bond acceptors (Lipinski definition) is 3. The molecule has 0 aliphatic carbocycles. The molecule has 3 nitrogen and oxygen atoms in total. The molecule has 0 spiro atoms. The maximum absolute atomic E-state index is 13.1. The summed E-state index contributed by atoms with van der Waals surface area (Å²) >= 11 is 0. The zero-order valence-corrected chi connectivity index (χ0v) is 7.64. The highest BCUT2D eigenvalue weighted by atomic mass is 19.1. The van der Waals surface area contributed by atoms with Crippen LogP contribution >= 0.6 is 0 Å². The number of halogens is 2. The molecule has 0 aliphatic rings. The number of benzene rings is 1. The Balaban J connectivity index is 3.25. The Labute approximate surface area is 79.2 Å². The highest BCUT2D eigenvalue weighted by molar-refractivity contribution is 5.90. The van der Waals surface area contributed by atoms with E-state index in [4.69, 9.17) is 0 Å². The van der Waals surface area contributed by atoms with Crippen molar-refractivity contribution in [1.82, 2.24) is 0 Å². The first kappa shape index (κ1) is 10.4. The van der Waals surface area contributed by atoms with Gasteiger partial charge in [0.05, 0.1) is 14.2 Å². The van der Waals surface area contributed by atoms with Crippen molar-refractivity contribution in [3.05, 3.63) is 29.3 Å². The van der Waals surface area contributed by atoms with Crippen molar-refractivity contribution >= 4 is 5.97 Å². The number of hydrogen-bond donors (Lipinski definition) is 0. The van der Waals surface area contributed by atoms with E-state index >= 15 is 0 Å². The summed E-state index contributed by atoms with van der Waals surface area (Å²) in [5, 5.41) is 0. The van der Waals surface area contributed by atoms with E-state index in [9.17, 15) is 13.6 Å². The van der Waals surface area contributed by atoms with Crippen molar-refractivity contribution in [3.8, 4) is 5.75 Å². The van der Waals surface area contributed by atoms with Crippen LogP contribution in [0.25, 0.3) is 0 Å². The molecule has 0 saturated carbocycles. The number of rotatable bonds is 2. The molecule has 0 aromatic heterocycles. The van der Waals surface area contributed by atoms with Crippen LogP contribution in [0.1, 0.15) is 10.4 Å². The molecule has 1 aromatic carbocycles. The minimum absolute atomic E-state index is 0.00709. The van der Waals surface area contributed by atoms with Gasteiger partial charge in [-0.25, -0.2) is 13.6 Å². The van der Waals surface area contributed by atoms with Gasteiger partial charge >= 0.3 is 5.97 Å². The number of methoxy groups -OCH3 is 2. The van der Waals surface area contributed by atoms with Crippen LogP contribution in [0.15, 0.2) is 12.1 Å². The van der Waals surface area contributed by atoms with Gasteiger partial charge in [-0.15, -0.1) is 0 Å². The first-order chi connectivity index (χ1) is 6.60. The Bertz CT molecular complexity index is 340. The quantitative estimate of drug-likeness (QED) is 0.685. The second-order valence-electron chi connectivity index (χ2n) is 2.46. The molecule has 0 N–H and O–H groups in total. The van der Waals surface area contributed by atoms with Crippen molar-refractivity contribution in [1.29, 1.82) is 0 Å². The molecule has 0 radical (unpaired) electrons. The zero-order chi connectivity index (χ0) is 10.7. The molecule has 0 fully saturated rings. The molecule has 0 unspecified atom stereocenters. The molecule has 1 rings (SSSR count). The molecule has 0 heterocycles. The summed E-state index contributed by atoms with van der Waals surface area (Å²) in [6, 6.07) is 1.82. The van der Waals surface area contributed by atoms with Gasteiger partial charge in [-0.05, 0) is 0 Å². The Hall–Kier alpha value is -1.65. The fourth-order valence-corrected chi connectivity index (χ4v) is 0.965. The van der Waals surface area contributed by atoms with E-state index in [-0.39, 0.29) is 5.75 Å². The maximum Gasteiger partial charge on any atom is 0.343 e. The number of ether oxygens (including phenoxy) is 2. The van der Waals surface area contributed by atoms with Gasteiger partial charge in [-0.2, -0.15) is 0 Å². The van der Waals surface area contributed by atoms with E-state index < -0.39 is 23.2 Å². The summed E-state index contributed by atoms with van der Waals surface area (Å²) in [6.07, 6.45) is 0. The van der Waals surface area contributed by atoms with Crippen LogP contribution in [0.5, 0.6) is 5.75 Å². The summed E-state index contributed by atoms with van der Waals surface area (Å²) in [7, 11) is 2.32. The van der Waals surface area contributed by atoms with Gasteiger partial charge in [0.2, 0.25) is 0 Å². The van der Waals surface area contributed by atoms with Gasteiger partial charge in [0.1, 0.15) is 22.9 Å². The Morgan fingerprint density at radius 2 is 1.71 bits per heavy atom. The standard InChI is InChI=1S/C9H8F2O3/c1-13-5-3-6(10)8(7(11)4-5)9(12)14-2/h3-4H,1-2H3. The summed E-state index contributed by atoms with van der Waals surface area (Å²) in [6.45, 7) is 0. The van der Waals surface area contributed by atoms with Crippen LogP contribution in [-0.4, -0.2) is 20.2 Å². The third-order valence-corrected chi connectivity index (χ3v) is 1.64. The maximum atomic E-state index is 13.1. The van der Waals surface area contributed by atoms with Gasteiger partial charge < -0.3 is 9.47 Å². The van der Waals surface area contributed by atoms with Crippen molar-refractivity contribution < 1.29 is 23.0 Å². The van der Waals surface area contributed by atoms with Crippen LogP contribution in [0.3, 0.4) is 0 Å². The minimum atomic E-state index is -1.05. The molecule has 14 heavy (non-hydrogen) atoms. The zero-order valence-electron chi connectivity index (χ0n) is 7.64. The van der Waals surface area contributed by atoms with Crippen LogP contribution < -0.4 is 4.74 Å². The average Bonchev–Trinajstić information content (AvgIpc) is 2.16. The first-order valence-corrected chi connectivity index (χ1v) is 3.71. The number of carbonyl (C=O) groups is 1. The van der Waals surface area contributed by atoms with Crippen LogP contribution in [-0.2, 0) is 4.74 Å². The van der Waals surface area contributed by atoms with Crippen molar-refractivity contribution in [2.24, 2.45) is 0 Å². The van der Waals surface area contributed by atoms with Crippen molar-refractivity contribution in [3.63, 3.8) is 0 Å². The van der Waals surface area contributed by atoms with E-state index in [1.54, 1.807) is 0 Å². The lowest BCUT2D eigenvalue weighted by molar-refractivity contribution is 0.0589. The lowest BCUT2D eigenvalue weighted by Gasteiger charge is -2.05. The van der Waals surface area contributed by atoms with Gasteiger partial charge in [0.25, 0.3) is 0 Å². The molecule has 1 aromatic rings. The highest BCUT2D eigenvalue weighted by Gasteiger charge is 2.19. The first-order valence-electron chi connectivity index (χ1n) is 3.71. The van der Waals surface area contributed by atoms with Gasteiger partial charge in [0.15, 0.2) is 0 Å². The Morgan fingerprint density at radius 3 is 2.07 bits per heavy atom. The molecule has 0 atom stereocenters. The topological polar surface area (TPSA) is 35.5 Å². The highest BCUT2D eigenvalue weighted by Crippen LogP contribution is 2.20. The third-order valence-electron chi connectivity index (χ3n) is 1.64. The van der Waals surface area contributed by atoms with E-state index in [2.05, 4.69) is 9.47 Å². The molecule has 0 amide bonds. The average molecular weight is 202 g/mol. The van der Waals surface area contributed by atoms with E-state index in [0.717, 1.165) is 19.2 Å². The van der Waals surface area contributed by atoms with Crippen LogP contribution in [0, 0.1) is 11.6 Å².